The van der Waals surface area contributed by atoms with Crippen LogP contribution in [0.3, 0.4) is 0 Å². The van der Waals surface area contributed by atoms with Gasteiger partial charge < -0.3 is 25.2 Å². The first kappa shape index (κ1) is 27.0. The van der Waals surface area contributed by atoms with Crippen LogP contribution in [0, 0.1) is 0 Å². The third kappa shape index (κ3) is 5.33. The van der Waals surface area contributed by atoms with Gasteiger partial charge >= 0.3 is 14.1 Å². The fourth-order valence-corrected chi connectivity index (χ4v) is 4.28. The van der Waals surface area contributed by atoms with Crippen LogP contribution in [0.1, 0.15) is 33.9 Å². The molecule has 194 valence electrons. The van der Waals surface area contributed by atoms with Gasteiger partial charge in [0.15, 0.2) is 41.6 Å². The van der Waals surface area contributed by atoms with Crippen molar-refractivity contribution < 1.29 is 37.2 Å². The van der Waals surface area contributed by atoms with E-state index in [9.17, 15) is 14.5 Å². The van der Waals surface area contributed by atoms with E-state index in [0.717, 1.165) is 17.8 Å². The Morgan fingerprint density at radius 3 is 2.66 bits per heavy atom. The summed E-state index contributed by atoms with van der Waals surface area (Å²) < 4.78 is 59.6. The number of esters is 1. The lowest BCUT2D eigenvalue weighted by Crippen LogP contribution is -2.46. The van der Waals surface area contributed by atoms with Crippen LogP contribution >= 0.6 is 8.18 Å². The molecule has 1 aliphatic rings. The van der Waals surface area contributed by atoms with Gasteiger partial charge in [-0.05, 0) is 32.3 Å². The highest BCUT2D eigenvalue weighted by Gasteiger charge is 2.65. The predicted molar refractivity (Wildman–Crippen MR) is 121 cm³/mol. The monoisotopic (exact) mass is 520 g/mol. The number of rotatable bonds is 9. The second-order valence-electron chi connectivity index (χ2n) is 8.80. The van der Waals surface area contributed by atoms with Gasteiger partial charge in [-0.1, -0.05) is 5.09 Å². The fourth-order valence-electron chi connectivity index (χ4n) is 3.49. The van der Waals surface area contributed by atoms with E-state index < -0.39 is 56.8 Å². The molecule has 35 heavy (non-hydrogen) atoms. The number of fused-ring (bicyclic) bond motifs is 1. The summed E-state index contributed by atoms with van der Waals surface area (Å²) in [4.78, 5) is 25.8. The Balaban J connectivity index is 1.79. The number of carbonyl (C=O) groups is 1. The summed E-state index contributed by atoms with van der Waals surface area (Å²) in [5, 5.41) is 12.8. The zero-order chi connectivity index (χ0) is 26.3. The van der Waals surface area contributed by atoms with Gasteiger partial charge in [-0.2, -0.15) is 9.97 Å². The number of carbonyl (C=O) groups excluding carboxylic acids is 1. The molecule has 0 amide bonds. The largest absolute Gasteiger partial charge is 0.614 e. The minimum absolute atomic E-state index is 0.0534. The van der Waals surface area contributed by atoms with Gasteiger partial charge in [0.1, 0.15) is 6.04 Å². The molecule has 0 saturated carbocycles. The second-order valence-corrected chi connectivity index (χ2v) is 9.83. The number of alkyl halides is 2. The molecule has 2 aromatic heterocycles. The number of aromatic nitrogens is 4. The van der Waals surface area contributed by atoms with Gasteiger partial charge in [0.2, 0.25) is 5.95 Å². The Labute approximate surface area is 200 Å². The Morgan fingerprint density at radius 2 is 2.06 bits per heavy atom. The number of imidazole rings is 1. The molecule has 4 N–H and O–H groups in total. The van der Waals surface area contributed by atoms with E-state index in [-0.39, 0.29) is 17.1 Å². The van der Waals surface area contributed by atoms with Crippen LogP contribution in [0.25, 0.3) is 11.2 Å². The number of hydrogen-bond acceptors (Lipinski definition) is 11. The van der Waals surface area contributed by atoms with Crippen molar-refractivity contribution in [2.75, 3.05) is 31.3 Å². The summed E-state index contributed by atoms with van der Waals surface area (Å²) in [7, 11) is 0.590. The number of anilines is 2. The topological polar surface area (TPSA) is 167 Å². The van der Waals surface area contributed by atoms with Crippen molar-refractivity contribution in [2.24, 2.45) is 0 Å². The van der Waals surface area contributed by atoms with Crippen molar-refractivity contribution in [1.82, 2.24) is 24.6 Å². The SMILES string of the molecule is CC(C)OC(=O)[C@@H](C)N[P+](=O)OC[C@@]1(F)O[C@@H](n2cnc3c(N(C)C)nc(N)nc32)[C@](C)(F)[C@@H]1O. The van der Waals surface area contributed by atoms with Crippen molar-refractivity contribution >= 4 is 37.1 Å². The maximum Gasteiger partial charge on any atom is 0.614 e. The highest BCUT2D eigenvalue weighted by atomic mass is 31.1. The van der Waals surface area contributed by atoms with Crippen LogP contribution in [0.4, 0.5) is 20.5 Å². The lowest BCUT2D eigenvalue weighted by atomic mass is 9.97. The number of nitrogens with one attached hydrogen (secondary N) is 1. The number of aliphatic hydroxyl groups excluding tert-OH is 1. The maximum atomic E-state index is 15.6. The number of halogens is 2. The lowest BCUT2D eigenvalue weighted by Gasteiger charge is -2.24. The van der Waals surface area contributed by atoms with Crippen LogP contribution in [0.2, 0.25) is 0 Å². The van der Waals surface area contributed by atoms with Gasteiger partial charge in [0, 0.05) is 14.1 Å². The molecule has 1 unspecified atom stereocenters. The maximum absolute atomic E-state index is 15.6. The molecule has 6 atom stereocenters. The fraction of sp³-hybridized carbons (Fsp3) is 0.684. The summed E-state index contributed by atoms with van der Waals surface area (Å²) in [6.07, 6.45) is -3.30. The predicted octanol–water partition coefficient (Wildman–Crippen LogP) is 1.36. The van der Waals surface area contributed by atoms with Crippen LogP contribution in [-0.4, -0.2) is 81.1 Å². The van der Waals surface area contributed by atoms with Gasteiger partial charge in [-0.3, -0.25) is 9.36 Å². The number of nitrogen functional groups attached to an aromatic ring is 1. The van der Waals surface area contributed by atoms with Gasteiger partial charge in [0.05, 0.1) is 12.4 Å². The molecule has 1 fully saturated rings. The number of nitrogens with two attached hydrogens (primary N) is 1. The van der Waals surface area contributed by atoms with Gasteiger partial charge in [0.25, 0.3) is 5.85 Å². The van der Waals surface area contributed by atoms with Crippen molar-refractivity contribution in [3.05, 3.63) is 6.33 Å². The average Bonchev–Trinajstić information content (AvgIpc) is 3.24. The third-order valence-electron chi connectivity index (χ3n) is 5.21. The highest BCUT2D eigenvalue weighted by molar-refractivity contribution is 7.36. The molecular formula is C19H29F2N7O6P+. The first-order valence-electron chi connectivity index (χ1n) is 10.6. The van der Waals surface area contributed by atoms with E-state index in [1.165, 1.54) is 6.92 Å². The van der Waals surface area contributed by atoms with E-state index >= 15 is 8.78 Å². The van der Waals surface area contributed by atoms with Gasteiger partial charge in [-0.25, -0.2) is 13.8 Å². The molecular weight excluding hydrogens is 491 g/mol. The molecule has 0 bridgehead atoms. The zero-order valence-corrected chi connectivity index (χ0v) is 21.0. The second kappa shape index (κ2) is 9.82. The average molecular weight is 520 g/mol. The van der Waals surface area contributed by atoms with Crippen molar-refractivity contribution in [3.8, 4) is 0 Å². The third-order valence-corrected chi connectivity index (χ3v) is 6.17. The zero-order valence-electron chi connectivity index (χ0n) is 20.1. The molecule has 1 aliphatic heterocycles. The smallest absolute Gasteiger partial charge is 0.462 e. The van der Waals surface area contributed by atoms with E-state index in [2.05, 4.69) is 20.0 Å². The van der Waals surface area contributed by atoms with Crippen LogP contribution in [0.5, 0.6) is 0 Å². The molecule has 0 aliphatic carbocycles. The quantitative estimate of drug-likeness (QED) is 0.321. The summed E-state index contributed by atoms with van der Waals surface area (Å²) in [6, 6.07) is -1.03. The van der Waals surface area contributed by atoms with Crippen LogP contribution in [-0.2, 0) is 23.4 Å². The van der Waals surface area contributed by atoms with Crippen molar-refractivity contribution in [3.63, 3.8) is 0 Å². The number of aliphatic hydroxyl groups is 1. The first-order valence-corrected chi connectivity index (χ1v) is 11.8. The molecule has 0 aromatic carbocycles. The minimum atomic E-state index is -3.10. The Bertz CT molecular complexity index is 1120. The molecule has 3 heterocycles. The summed E-state index contributed by atoms with van der Waals surface area (Å²) in [6.45, 7) is 4.49. The minimum Gasteiger partial charge on any atom is -0.462 e. The van der Waals surface area contributed by atoms with E-state index in [1.54, 1.807) is 32.8 Å². The molecule has 1 saturated heterocycles. The van der Waals surface area contributed by atoms with E-state index in [4.69, 9.17) is 19.7 Å². The molecule has 3 rings (SSSR count). The van der Waals surface area contributed by atoms with Crippen molar-refractivity contribution in [1.29, 1.82) is 0 Å². The summed E-state index contributed by atoms with van der Waals surface area (Å²) in [5.74, 6) is -3.58. The van der Waals surface area contributed by atoms with Crippen LogP contribution < -0.4 is 15.7 Å². The van der Waals surface area contributed by atoms with E-state index in [0.29, 0.717) is 5.82 Å². The molecule has 2 aromatic rings. The molecule has 16 heteroatoms. The summed E-state index contributed by atoms with van der Waals surface area (Å²) in [5.41, 5.74) is 3.39. The standard InChI is InChI=1S/C19H29F2N7O6P/c1-9(2)33-14(29)10(3)26-35(31)32-7-19(21)15(30)18(4,20)16(34-19)28-8-23-11-12(27(5)6)24-17(22)25-13(11)28/h8-10,15-16,30H,7H2,1-6H3,(H,26,31)(H2,22,24,25)/q+1/t10-,15+,16-,18-,19-/m1/s1. The normalized spacial score (nSPS) is 27.9. The molecule has 13 nitrogen and oxygen atoms in total. The Hall–Kier alpha value is -2.58. The Morgan fingerprint density at radius 1 is 1.40 bits per heavy atom. The lowest BCUT2D eigenvalue weighted by molar-refractivity contribution is -0.201. The van der Waals surface area contributed by atoms with E-state index in [1.807, 2.05) is 0 Å². The number of hydrogen-bond donors (Lipinski definition) is 3. The number of ether oxygens (including phenoxy) is 2. The summed E-state index contributed by atoms with van der Waals surface area (Å²) >= 11 is 0. The van der Waals surface area contributed by atoms with Gasteiger partial charge in [-0.15, -0.1) is 4.52 Å². The number of nitrogens with zero attached hydrogens (tertiary/aromatic N) is 5. The molecule has 0 spiro atoms. The Kier molecular flexibility index (Phi) is 7.58. The molecule has 0 radical (unpaired) electrons. The first-order chi connectivity index (χ1) is 16.2. The van der Waals surface area contributed by atoms with Crippen LogP contribution in [0.15, 0.2) is 6.33 Å². The van der Waals surface area contributed by atoms with Crippen molar-refractivity contribution in [2.45, 2.75) is 63.7 Å². The highest BCUT2D eigenvalue weighted by Crippen LogP contribution is 2.49.